The van der Waals surface area contributed by atoms with Crippen molar-refractivity contribution in [2.45, 2.75) is 0 Å². The van der Waals surface area contributed by atoms with Crippen molar-refractivity contribution in [1.29, 1.82) is 0 Å². The Morgan fingerprint density at radius 3 is 3.18 bits per heavy atom. The van der Waals surface area contributed by atoms with Crippen LogP contribution in [0.25, 0.3) is 11.0 Å². The zero-order valence-corrected chi connectivity index (χ0v) is 5.46. The van der Waals surface area contributed by atoms with Gasteiger partial charge in [0, 0.05) is 6.20 Å². The van der Waals surface area contributed by atoms with Crippen molar-refractivity contribution >= 4 is 17.0 Å². The van der Waals surface area contributed by atoms with Crippen molar-refractivity contribution in [2.75, 3.05) is 5.73 Å². The normalized spacial score (nSPS) is 10.5. The van der Waals surface area contributed by atoms with Crippen molar-refractivity contribution in [3.8, 4) is 0 Å². The van der Waals surface area contributed by atoms with Crippen LogP contribution in [0.4, 0.5) is 5.95 Å². The second kappa shape index (κ2) is 1.82. The van der Waals surface area contributed by atoms with Crippen molar-refractivity contribution in [2.24, 2.45) is 0 Å². The standard InChI is InChI=1S/C5H5N5O/c6-5-8-2-1-7-10-3(2)4(11)9-5/h1H,(H,7,10)(H3,6,8,9,11). The van der Waals surface area contributed by atoms with Gasteiger partial charge in [-0.2, -0.15) is 5.10 Å². The molecule has 0 aliphatic heterocycles. The number of rotatable bonds is 0. The van der Waals surface area contributed by atoms with Crippen LogP contribution in [0, 0.1) is 0 Å². The first-order valence-corrected chi connectivity index (χ1v) is 2.96. The SMILES string of the molecule is Nc1nc2c[nH]nc2c(=O)[nH]1. The molecule has 0 aromatic carbocycles. The molecule has 0 bridgehead atoms. The summed E-state index contributed by atoms with van der Waals surface area (Å²) in [6.45, 7) is 0. The van der Waals surface area contributed by atoms with Crippen LogP contribution in [-0.4, -0.2) is 20.2 Å². The second-order valence-corrected chi connectivity index (χ2v) is 2.07. The molecule has 6 heteroatoms. The van der Waals surface area contributed by atoms with Gasteiger partial charge in [-0.3, -0.25) is 14.9 Å². The van der Waals surface area contributed by atoms with Gasteiger partial charge < -0.3 is 5.73 Å². The molecular weight excluding hydrogens is 146 g/mol. The molecule has 0 radical (unpaired) electrons. The van der Waals surface area contributed by atoms with Gasteiger partial charge in [-0.25, -0.2) is 4.98 Å². The van der Waals surface area contributed by atoms with Gasteiger partial charge in [0.25, 0.3) is 5.56 Å². The van der Waals surface area contributed by atoms with E-state index in [4.69, 9.17) is 5.73 Å². The van der Waals surface area contributed by atoms with Crippen LogP contribution in [0.5, 0.6) is 0 Å². The van der Waals surface area contributed by atoms with Gasteiger partial charge >= 0.3 is 0 Å². The molecule has 0 unspecified atom stereocenters. The van der Waals surface area contributed by atoms with Gasteiger partial charge in [0.2, 0.25) is 5.95 Å². The second-order valence-electron chi connectivity index (χ2n) is 2.07. The highest BCUT2D eigenvalue weighted by atomic mass is 16.1. The average Bonchev–Trinajstić information content (AvgIpc) is 2.34. The molecule has 2 aromatic heterocycles. The van der Waals surface area contributed by atoms with Gasteiger partial charge in [0.1, 0.15) is 5.52 Å². The third-order valence-electron chi connectivity index (χ3n) is 1.32. The van der Waals surface area contributed by atoms with E-state index in [0.29, 0.717) is 5.52 Å². The minimum Gasteiger partial charge on any atom is -0.369 e. The summed E-state index contributed by atoms with van der Waals surface area (Å²) in [5.41, 5.74) is 5.71. The molecule has 2 heterocycles. The van der Waals surface area contributed by atoms with Crippen LogP contribution >= 0.6 is 0 Å². The molecule has 0 aliphatic carbocycles. The van der Waals surface area contributed by atoms with Crippen LogP contribution in [0.3, 0.4) is 0 Å². The maximum atomic E-state index is 11.0. The molecule has 2 aromatic rings. The van der Waals surface area contributed by atoms with Crippen molar-refractivity contribution in [3.05, 3.63) is 16.6 Å². The summed E-state index contributed by atoms with van der Waals surface area (Å²) in [6, 6.07) is 0. The highest BCUT2D eigenvalue weighted by Crippen LogP contribution is 2.00. The molecule has 0 saturated carbocycles. The van der Waals surface area contributed by atoms with Crippen LogP contribution < -0.4 is 11.3 Å². The Labute approximate surface area is 60.5 Å². The van der Waals surface area contributed by atoms with E-state index in [1.165, 1.54) is 6.20 Å². The topological polar surface area (TPSA) is 100 Å². The van der Waals surface area contributed by atoms with E-state index < -0.39 is 0 Å². The first-order valence-electron chi connectivity index (χ1n) is 2.96. The van der Waals surface area contributed by atoms with Crippen LogP contribution in [0.2, 0.25) is 0 Å². The Morgan fingerprint density at radius 1 is 1.55 bits per heavy atom. The smallest absolute Gasteiger partial charge is 0.280 e. The number of nitrogen functional groups attached to an aromatic ring is 1. The van der Waals surface area contributed by atoms with Crippen LogP contribution in [0.15, 0.2) is 11.0 Å². The van der Waals surface area contributed by atoms with E-state index >= 15 is 0 Å². The maximum Gasteiger partial charge on any atom is 0.280 e. The number of aromatic amines is 2. The lowest BCUT2D eigenvalue weighted by atomic mass is 10.5. The monoisotopic (exact) mass is 151 g/mol. The highest BCUT2D eigenvalue weighted by Gasteiger charge is 2.02. The number of nitrogens with two attached hydrogens (primary N) is 1. The van der Waals surface area contributed by atoms with Gasteiger partial charge in [-0.15, -0.1) is 0 Å². The summed E-state index contributed by atoms with van der Waals surface area (Å²) in [5, 5.41) is 6.19. The van der Waals surface area contributed by atoms with E-state index in [0.717, 1.165) is 0 Å². The van der Waals surface area contributed by atoms with E-state index in [9.17, 15) is 4.79 Å². The third kappa shape index (κ3) is 0.759. The summed E-state index contributed by atoms with van der Waals surface area (Å²) in [4.78, 5) is 17.2. The first kappa shape index (κ1) is 5.90. The summed E-state index contributed by atoms with van der Waals surface area (Å²) in [6.07, 6.45) is 1.51. The Balaban J connectivity index is 3.02. The first-order chi connectivity index (χ1) is 5.27. The molecule has 0 atom stereocenters. The van der Waals surface area contributed by atoms with Crippen molar-refractivity contribution in [3.63, 3.8) is 0 Å². The molecule has 0 fully saturated rings. The Bertz CT molecular complexity index is 441. The molecule has 0 saturated heterocycles. The molecule has 11 heavy (non-hydrogen) atoms. The van der Waals surface area contributed by atoms with Crippen LogP contribution in [0.1, 0.15) is 0 Å². The minimum absolute atomic E-state index is 0.101. The quantitative estimate of drug-likeness (QED) is 0.460. The molecule has 0 spiro atoms. The number of fused-ring (bicyclic) bond motifs is 1. The molecule has 6 nitrogen and oxygen atoms in total. The number of H-pyrrole nitrogens is 2. The third-order valence-corrected chi connectivity index (χ3v) is 1.32. The Kier molecular flexibility index (Phi) is 0.974. The summed E-state index contributed by atoms with van der Waals surface area (Å²) >= 11 is 0. The van der Waals surface area contributed by atoms with E-state index in [-0.39, 0.29) is 17.0 Å². The minimum atomic E-state index is -0.325. The fraction of sp³-hybridized carbons (Fsp3) is 0. The van der Waals surface area contributed by atoms with Crippen molar-refractivity contribution in [1.82, 2.24) is 20.2 Å². The predicted octanol–water partition coefficient (Wildman–Crippen LogP) is -0.772. The summed E-state index contributed by atoms with van der Waals surface area (Å²) < 4.78 is 0. The van der Waals surface area contributed by atoms with E-state index in [1.807, 2.05) is 0 Å². The number of anilines is 1. The maximum absolute atomic E-state index is 11.0. The van der Waals surface area contributed by atoms with E-state index in [2.05, 4.69) is 20.2 Å². The summed E-state index contributed by atoms with van der Waals surface area (Å²) in [7, 11) is 0. The molecule has 4 N–H and O–H groups in total. The molecular formula is C5H5N5O. The molecule has 0 aliphatic rings. The lowest BCUT2D eigenvalue weighted by Crippen LogP contribution is -2.10. The largest absolute Gasteiger partial charge is 0.369 e. The number of nitrogens with one attached hydrogen (secondary N) is 2. The lowest BCUT2D eigenvalue weighted by Gasteiger charge is -1.88. The Hall–Kier alpha value is -1.85. The number of hydrogen-bond donors (Lipinski definition) is 3. The fourth-order valence-electron chi connectivity index (χ4n) is 0.869. The van der Waals surface area contributed by atoms with Gasteiger partial charge in [-0.05, 0) is 0 Å². The van der Waals surface area contributed by atoms with Crippen LogP contribution in [-0.2, 0) is 0 Å². The Morgan fingerprint density at radius 2 is 2.36 bits per heavy atom. The molecule has 0 amide bonds. The van der Waals surface area contributed by atoms with Gasteiger partial charge in [0.15, 0.2) is 5.52 Å². The summed E-state index contributed by atoms with van der Waals surface area (Å²) in [5.74, 6) is 0.101. The van der Waals surface area contributed by atoms with Gasteiger partial charge in [-0.1, -0.05) is 0 Å². The highest BCUT2D eigenvalue weighted by molar-refractivity contribution is 5.72. The average molecular weight is 151 g/mol. The molecule has 2 rings (SSSR count). The van der Waals surface area contributed by atoms with Gasteiger partial charge in [0.05, 0.1) is 0 Å². The number of nitrogens with zero attached hydrogens (tertiary/aromatic N) is 2. The zero-order valence-electron chi connectivity index (χ0n) is 5.46. The van der Waals surface area contributed by atoms with E-state index in [1.54, 1.807) is 0 Å². The predicted molar refractivity (Wildman–Crippen MR) is 38.9 cm³/mol. The zero-order chi connectivity index (χ0) is 7.84. The lowest BCUT2D eigenvalue weighted by molar-refractivity contribution is 1.10. The molecule has 56 valence electrons. The van der Waals surface area contributed by atoms with Crippen molar-refractivity contribution < 1.29 is 0 Å². The number of aromatic nitrogens is 4. The number of hydrogen-bond acceptors (Lipinski definition) is 4. The fourth-order valence-corrected chi connectivity index (χ4v) is 0.869.